The predicted molar refractivity (Wildman–Crippen MR) is 139 cm³/mol. The quantitative estimate of drug-likeness (QED) is 0.335. The third-order valence-electron chi connectivity index (χ3n) is 4.64. The molecule has 0 fully saturated rings. The van der Waals surface area contributed by atoms with Gasteiger partial charge in [-0.3, -0.25) is 14.6 Å². The van der Waals surface area contributed by atoms with Gasteiger partial charge in [0, 0.05) is 28.8 Å². The van der Waals surface area contributed by atoms with Crippen LogP contribution in [0.1, 0.15) is 29.9 Å². The lowest BCUT2D eigenvalue weighted by atomic mass is 9.28. The molecule has 0 atom stereocenters. The van der Waals surface area contributed by atoms with E-state index in [0.717, 1.165) is 0 Å². The highest BCUT2D eigenvalue weighted by Gasteiger charge is 2.32. The largest absolute Gasteiger partial charge is 0.498 e. The molecule has 12 radical (unpaired) electrons. The SMILES string of the molecule is [B]C(C)(C)Oc1ccc(F)c(CONC(=O)c2cncc(-c3ccc(OC([B])([B])C([B])([B])[B])nc3)n2)c1. The van der Waals surface area contributed by atoms with Gasteiger partial charge in [0.1, 0.15) is 47.4 Å². The van der Waals surface area contributed by atoms with Gasteiger partial charge in [0.15, 0.2) is 0 Å². The molecule has 0 saturated carbocycles. The van der Waals surface area contributed by atoms with Gasteiger partial charge in [-0.05, 0) is 38.1 Å². The van der Waals surface area contributed by atoms with E-state index in [4.69, 9.17) is 61.4 Å². The fourth-order valence-electron chi connectivity index (χ4n) is 2.73. The van der Waals surface area contributed by atoms with Crippen LogP contribution in [-0.4, -0.2) is 78.8 Å². The van der Waals surface area contributed by atoms with Gasteiger partial charge in [0.2, 0.25) is 5.88 Å². The number of aromatic nitrogens is 3. The second kappa shape index (κ2) is 11.0. The van der Waals surface area contributed by atoms with Crippen LogP contribution in [0.3, 0.4) is 0 Å². The lowest BCUT2D eigenvalue weighted by molar-refractivity contribution is 0.0218. The number of pyridine rings is 1. The highest BCUT2D eigenvalue weighted by Crippen LogP contribution is 2.28. The average molecular weight is 485 g/mol. The highest BCUT2D eigenvalue weighted by atomic mass is 19.1. The van der Waals surface area contributed by atoms with Crippen molar-refractivity contribution in [3.63, 3.8) is 0 Å². The van der Waals surface area contributed by atoms with Crippen LogP contribution in [-0.2, 0) is 11.4 Å². The van der Waals surface area contributed by atoms with Gasteiger partial charge in [-0.2, -0.15) is 0 Å². The molecule has 0 spiro atoms. The van der Waals surface area contributed by atoms with Crippen LogP contribution < -0.4 is 15.0 Å². The maximum Gasteiger partial charge on any atom is 0.295 e. The Morgan fingerprint density at radius 3 is 2.35 bits per heavy atom. The Hall–Kier alpha value is -3.20. The molecule has 0 bridgehead atoms. The number of rotatable bonds is 10. The summed E-state index contributed by atoms with van der Waals surface area (Å²) in [5.74, 6) is -0.917. The monoisotopic (exact) mass is 486 g/mol. The van der Waals surface area contributed by atoms with Crippen LogP contribution in [0.2, 0.25) is 5.11 Å². The average Bonchev–Trinajstić information content (AvgIpc) is 2.79. The van der Waals surface area contributed by atoms with Gasteiger partial charge < -0.3 is 9.47 Å². The molecule has 37 heavy (non-hydrogen) atoms. The van der Waals surface area contributed by atoms with E-state index in [0.29, 0.717) is 17.0 Å². The van der Waals surface area contributed by atoms with Crippen LogP contribution in [0.25, 0.3) is 11.3 Å². The lowest BCUT2D eigenvalue weighted by Crippen LogP contribution is -2.51. The molecule has 0 aliphatic heterocycles. The minimum absolute atomic E-state index is 0.00791. The van der Waals surface area contributed by atoms with Gasteiger partial charge >= 0.3 is 0 Å². The summed E-state index contributed by atoms with van der Waals surface area (Å²) in [7, 11) is 33.6. The second-order valence-corrected chi connectivity index (χ2v) is 8.68. The predicted octanol–water partition coefficient (Wildman–Crippen LogP) is 0.771. The van der Waals surface area contributed by atoms with Crippen LogP contribution >= 0.6 is 0 Å². The number of hydrogen-bond acceptors (Lipinski definition) is 7. The lowest BCUT2D eigenvalue weighted by Gasteiger charge is -2.41. The van der Waals surface area contributed by atoms with Crippen molar-refractivity contribution in [2.24, 2.45) is 0 Å². The van der Waals surface area contributed by atoms with E-state index in [1.165, 1.54) is 42.9 Å². The molecule has 2 aromatic heterocycles. The normalized spacial score (nSPS) is 12.1. The molecule has 1 amide bonds. The number of hydrogen-bond donors (Lipinski definition) is 1. The van der Waals surface area contributed by atoms with E-state index in [9.17, 15) is 9.18 Å². The summed E-state index contributed by atoms with van der Waals surface area (Å²) in [5, 5.41) is -4.14. The molecule has 0 aliphatic carbocycles. The number of carbonyl (C=O) groups excluding carboxylic acids is 1. The van der Waals surface area contributed by atoms with Gasteiger partial charge in [-0.15, -0.1) is 5.11 Å². The van der Waals surface area contributed by atoms with Crippen molar-refractivity contribution < 1.29 is 23.5 Å². The first-order chi connectivity index (χ1) is 17.1. The van der Waals surface area contributed by atoms with Crippen molar-refractivity contribution in [1.82, 2.24) is 20.4 Å². The first-order valence-corrected chi connectivity index (χ1v) is 10.7. The van der Waals surface area contributed by atoms with Crippen LogP contribution in [0.5, 0.6) is 11.6 Å². The molecule has 1 N–H and O–H groups in total. The Morgan fingerprint density at radius 2 is 1.73 bits per heavy atom. The van der Waals surface area contributed by atoms with Crippen molar-refractivity contribution in [2.45, 2.75) is 36.5 Å². The fraction of sp³-hybridized carbons (Fsp3) is 0.273. The Morgan fingerprint density at radius 1 is 1.00 bits per heavy atom. The highest BCUT2D eigenvalue weighted by molar-refractivity contribution is 6.66. The minimum atomic E-state index is -2.10. The number of nitrogens with zero attached hydrogens (tertiary/aromatic N) is 3. The number of benzene rings is 1. The molecular weight excluding hydrogens is 468 g/mol. The van der Waals surface area contributed by atoms with Gasteiger partial charge in [0.05, 0.1) is 47.1 Å². The zero-order chi connectivity index (χ0) is 27.4. The molecule has 174 valence electrons. The molecule has 0 unspecified atom stereocenters. The first kappa shape index (κ1) is 28.4. The van der Waals surface area contributed by atoms with Gasteiger partial charge in [0.25, 0.3) is 5.91 Å². The molecule has 3 aromatic rings. The van der Waals surface area contributed by atoms with E-state index in [1.807, 2.05) is 0 Å². The van der Waals surface area contributed by atoms with Gasteiger partial charge in [-0.1, -0.05) is 0 Å². The van der Waals surface area contributed by atoms with E-state index in [1.54, 1.807) is 19.9 Å². The number of carbonyl (C=O) groups is 1. The number of nitrogens with one attached hydrogen (secondary N) is 1. The molecule has 0 saturated heterocycles. The molecule has 1 aromatic carbocycles. The van der Waals surface area contributed by atoms with Crippen molar-refractivity contribution in [3.8, 4) is 22.9 Å². The number of hydroxylamine groups is 1. The fourth-order valence-corrected chi connectivity index (χ4v) is 2.73. The number of halogens is 1. The third kappa shape index (κ3) is 7.89. The van der Waals surface area contributed by atoms with Crippen molar-refractivity contribution in [1.29, 1.82) is 0 Å². The van der Waals surface area contributed by atoms with Crippen LogP contribution in [0.15, 0.2) is 48.9 Å². The summed E-state index contributed by atoms with van der Waals surface area (Å²) < 4.78 is 24.9. The van der Waals surface area contributed by atoms with Crippen molar-refractivity contribution in [2.75, 3.05) is 0 Å². The maximum absolute atomic E-state index is 14.1. The third-order valence-corrected chi connectivity index (χ3v) is 4.64. The Balaban J connectivity index is 1.63. The molecule has 2 heterocycles. The van der Waals surface area contributed by atoms with E-state index in [2.05, 4.69) is 20.4 Å². The number of ether oxygens (including phenoxy) is 2. The summed E-state index contributed by atoms with van der Waals surface area (Å²) in [6.45, 7) is 3.02. The van der Waals surface area contributed by atoms with E-state index < -0.39 is 27.7 Å². The van der Waals surface area contributed by atoms with E-state index >= 15 is 0 Å². The molecule has 0 aliphatic rings. The van der Waals surface area contributed by atoms with E-state index in [-0.39, 0.29) is 23.7 Å². The Labute approximate surface area is 222 Å². The standard InChI is InChI=1S/C22H17B6FN4O4/c1-20(2,23)36-14-4-5-15(29)13(7-14)11-35-33-19(34)17-10-30-9-16(32-17)12-3-6-18(31-8-12)37-22(27,28)21(24,25)26/h3-10H,11H2,1-2H3,(H,33,34). The number of amides is 1. The zero-order valence-electron chi connectivity index (χ0n) is 20.1. The van der Waals surface area contributed by atoms with Crippen LogP contribution in [0.4, 0.5) is 4.39 Å². The topological polar surface area (TPSA) is 95.5 Å². The van der Waals surface area contributed by atoms with Gasteiger partial charge in [-0.25, -0.2) is 19.8 Å². The van der Waals surface area contributed by atoms with Crippen molar-refractivity contribution in [3.05, 3.63) is 66.0 Å². The molecular formula is C22H17B6FN4O4. The Kier molecular flexibility index (Phi) is 8.47. The molecule has 15 heteroatoms. The summed E-state index contributed by atoms with van der Waals surface area (Å²) in [6.07, 6.45) is 4.02. The molecule has 8 nitrogen and oxygen atoms in total. The minimum Gasteiger partial charge on any atom is -0.498 e. The summed E-state index contributed by atoms with van der Waals surface area (Å²) in [4.78, 5) is 29.9. The van der Waals surface area contributed by atoms with Crippen LogP contribution in [0, 0.1) is 5.82 Å². The summed E-state index contributed by atoms with van der Waals surface area (Å²) in [5.41, 5.74) is 2.11. The molecule has 3 rings (SSSR count). The summed E-state index contributed by atoms with van der Waals surface area (Å²) >= 11 is 0. The smallest absolute Gasteiger partial charge is 0.295 e. The second-order valence-electron chi connectivity index (χ2n) is 8.68. The maximum atomic E-state index is 14.1. The Bertz CT molecular complexity index is 1250. The summed E-state index contributed by atoms with van der Waals surface area (Å²) in [6, 6.07) is 7.05. The zero-order valence-corrected chi connectivity index (χ0v) is 20.1. The first-order valence-electron chi connectivity index (χ1n) is 10.7. The van der Waals surface area contributed by atoms with Crippen molar-refractivity contribution >= 4 is 53.0 Å².